The minimum absolute atomic E-state index is 0.131. The van der Waals surface area contributed by atoms with Crippen LogP contribution >= 0.6 is 0 Å². The summed E-state index contributed by atoms with van der Waals surface area (Å²) < 4.78 is 30.7. The van der Waals surface area contributed by atoms with Crippen molar-refractivity contribution in [2.75, 3.05) is 18.6 Å². The van der Waals surface area contributed by atoms with E-state index in [4.69, 9.17) is 4.78 Å². The minimum Gasteiger partial charge on any atom is -0.355 e. The van der Waals surface area contributed by atoms with Crippen LogP contribution in [0.2, 0.25) is 0 Å². The fourth-order valence-electron chi connectivity index (χ4n) is 1.17. The molecule has 0 aromatic carbocycles. The first-order valence-electron chi connectivity index (χ1n) is 5.31. The summed E-state index contributed by atoms with van der Waals surface area (Å²) in [6.07, 6.45) is 3.91. The van der Waals surface area contributed by atoms with E-state index in [0.717, 1.165) is 12.4 Å². The van der Waals surface area contributed by atoms with Crippen molar-refractivity contribution in [2.24, 2.45) is 0 Å². The van der Waals surface area contributed by atoms with E-state index in [9.17, 15) is 13.4 Å². The number of nitrogens with one attached hydrogen (secondary N) is 2. The van der Waals surface area contributed by atoms with Gasteiger partial charge in [-0.15, -0.1) is 0 Å². The van der Waals surface area contributed by atoms with Gasteiger partial charge in [-0.05, 0) is 0 Å². The molecule has 0 fully saturated rings. The van der Waals surface area contributed by atoms with Crippen LogP contribution in [-0.2, 0) is 20.9 Å². The topological polar surface area (TPSA) is 95.8 Å². The highest BCUT2D eigenvalue weighted by atomic mass is 32.2. The van der Waals surface area contributed by atoms with Crippen LogP contribution in [0.3, 0.4) is 0 Å². The van der Waals surface area contributed by atoms with Crippen LogP contribution in [0.15, 0.2) is 12.4 Å². The third kappa shape index (κ3) is 6.24. The number of amides is 1. The Hall–Kier alpha value is -1.57. The summed E-state index contributed by atoms with van der Waals surface area (Å²) in [4.78, 5) is 18.8. The highest BCUT2D eigenvalue weighted by Gasteiger charge is 2.05. The van der Waals surface area contributed by atoms with Gasteiger partial charge in [0, 0.05) is 41.1 Å². The second-order valence-electron chi connectivity index (χ2n) is 3.88. The Morgan fingerprint density at radius 1 is 1.50 bits per heavy atom. The molecule has 1 unspecified atom stereocenters. The minimum atomic E-state index is -2.57. The van der Waals surface area contributed by atoms with Gasteiger partial charge >= 0.3 is 0 Å². The lowest BCUT2D eigenvalue weighted by atomic mass is 10.3. The summed E-state index contributed by atoms with van der Waals surface area (Å²) in [6, 6.07) is 0. The standard InChI is InChI=1S/C10H15FN4O2S/c1-18(12,17)5-4-13-10(16)3-2-9-14-6-8(11)7-15-9/h6-7,12H,2-5H2,1H3,(H,13,16). The summed E-state index contributed by atoms with van der Waals surface area (Å²) in [5.41, 5.74) is 0. The van der Waals surface area contributed by atoms with E-state index in [-0.39, 0.29) is 24.6 Å². The normalized spacial score (nSPS) is 13.9. The molecule has 1 heterocycles. The Labute approximate surface area is 105 Å². The molecule has 2 N–H and O–H groups in total. The van der Waals surface area contributed by atoms with E-state index < -0.39 is 15.5 Å². The van der Waals surface area contributed by atoms with Crippen molar-refractivity contribution in [3.63, 3.8) is 0 Å². The van der Waals surface area contributed by atoms with Gasteiger partial charge < -0.3 is 5.32 Å². The van der Waals surface area contributed by atoms with Gasteiger partial charge in [0.05, 0.1) is 12.4 Å². The smallest absolute Gasteiger partial charge is 0.220 e. The number of carbonyl (C=O) groups is 1. The number of aryl methyl sites for hydroxylation is 1. The first-order valence-corrected chi connectivity index (χ1v) is 7.45. The van der Waals surface area contributed by atoms with E-state index in [1.54, 1.807) is 0 Å². The number of halogens is 1. The molecule has 0 bridgehead atoms. The molecule has 18 heavy (non-hydrogen) atoms. The highest BCUT2D eigenvalue weighted by molar-refractivity contribution is 7.91. The Bertz CT molecular complexity index is 501. The zero-order valence-corrected chi connectivity index (χ0v) is 10.8. The number of hydrogen-bond donors (Lipinski definition) is 2. The zero-order chi connectivity index (χ0) is 13.6. The van der Waals surface area contributed by atoms with E-state index >= 15 is 0 Å². The lowest BCUT2D eigenvalue weighted by Gasteiger charge is -2.04. The molecule has 0 saturated carbocycles. The molecule has 6 nitrogen and oxygen atoms in total. The Morgan fingerprint density at radius 3 is 2.67 bits per heavy atom. The summed E-state index contributed by atoms with van der Waals surface area (Å²) >= 11 is 0. The van der Waals surface area contributed by atoms with Crippen molar-refractivity contribution in [1.29, 1.82) is 4.78 Å². The second kappa shape index (κ2) is 6.39. The van der Waals surface area contributed by atoms with E-state index in [1.165, 1.54) is 6.26 Å². The van der Waals surface area contributed by atoms with E-state index in [2.05, 4.69) is 15.3 Å². The summed E-state index contributed by atoms with van der Waals surface area (Å²) in [5, 5.41) is 2.55. The first kappa shape index (κ1) is 14.5. The lowest BCUT2D eigenvalue weighted by Crippen LogP contribution is -2.28. The number of rotatable bonds is 6. The Morgan fingerprint density at radius 2 is 2.11 bits per heavy atom. The molecule has 0 aliphatic carbocycles. The van der Waals surface area contributed by atoms with Gasteiger partial charge in [-0.2, -0.15) is 0 Å². The number of carbonyl (C=O) groups excluding carboxylic acids is 1. The van der Waals surface area contributed by atoms with Gasteiger partial charge in [0.25, 0.3) is 0 Å². The predicted molar refractivity (Wildman–Crippen MR) is 65.0 cm³/mol. The summed E-state index contributed by atoms with van der Waals surface area (Å²) in [6.45, 7) is 0.210. The molecule has 1 rings (SSSR count). The highest BCUT2D eigenvalue weighted by Crippen LogP contribution is 1.97. The van der Waals surface area contributed by atoms with Gasteiger partial charge in [0.15, 0.2) is 5.82 Å². The fourth-order valence-corrected chi connectivity index (χ4v) is 1.66. The van der Waals surface area contributed by atoms with Gasteiger partial charge in [-0.25, -0.2) is 14.4 Å². The monoisotopic (exact) mass is 274 g/mol. The molecular weight excluding hydrogens is 259 g/mol. The molecular formula is C10H15FN4O2S. The van der Waals surface area contributed by atoms with Crippen LogP contribution in [0.1, 0.15) is 12.2 Å². The fraction of sp³-hybridized carbons (Fsp3) is 0.500. The predicted octanol–water partition coefficient (Wildman–Crippen LogP) is 0.341. The van der Waals surface area contributed by atoms with Crippen LogP contribution in [0.4, 0.5) is 4.39 Å². The van der Waals surface area contributed by atoms with Gasteiger partial charge in [-0.3, -0.25) is 13.8 Å². The van der Waals surface area contributed by atoms with Crippen molar-refractivity contribution in [2.45, 2.75) is 12.8 Å². The van der Waals surface area contributed by atoms with Crippen LogP contribution < -0.4 is 5.32 Å². The molecule has 100 valence electrons. The van der Waals surface area contributed by atoms with Crippen LogP contribution in [0, 0.1) is 10.6 Å². The van der Waals surface area contributed by atoms with Gasteiger partial charge in [0.1, 0.15) is 5.82 Å². The molecule has 1 atom stereocenters. The van der Waals surface area contributed by atoms with Crippen molar-refractivity contribution in [3.8, 4) is 0 Å². The van der Waals surface area contributed by atoms with Gasteiger partial charge in [-0.1, -0.05) is 0 Å². The molecule has 0 aliphatic heterocycles. The number of nitrogens with zero attached hydrogens (tertiary/aromatic N) is 2. The maximum Gasteiger partial charge on any atom is 0.220 e. The second-order valence-corrected chi connectivity index (χ2v) is 6.29. The quantitative estimate of drug-likeness (QED) is 0.782. The third-order valence-electron chi connectivity index (χ3n) is 2.06. The summed E-state index contributed by atoms with van der Waals surface area (Å²) in [7, 11) is -2.57. The molecule has 8 heteroatoms. The molecule has 0 radical (unpaired) electrons. The number of hydrogen-bond acceptors (Lipinski definition) is 5. The van der Waals surface area contributed by atoms with Crippen molar-refractivity contribution in [3.05, 3.63) is 24.0 Å². The Kier molecular flexibility index (Phi) is 5.14. The van der Waals surface area contributed by atoms with Crippen LogP contribution in [0.25, 0.3) is 0 Å². The molecule has 1 amide bonds. The molecule has 0 spiro atoms. The molecule has 1 aromatic rings. The van der Waals surface area contributed by atoms with Crippen molar-refractivity contribution < 1.29 is 13.4 Å². The van der Waals surface area contributed by atoms with Crippen LogP contribution in [-0.4, -0.2) is 38.6 Å². The molecule has 0 saturated heterocycles. The van der Waals surface area contributed by atoms with E-state index in [1.807, 2.05) is 0 Å². The van der Waals surface area contributed by atoms with Gasteiger partial charge in [0.2, 0.25) is 5.91 Å². The third-order valence-corrected chi connectivity index (χ3v) is 3.05. The first-order chi connectivity index (χ1) is 8.37. The van der Waals surface area contributed by atoms with Crippen LogP contribution in [0.5, 0.6) is 0 Å². The SMILES string of the molecule is CS(=N)(=O)CCNC(=O)CCc1ncc(F)cn1. The zero-order valence-electron chi connectivity index (χ0n) is 9.98. The summed E-state index contributed by atoms with van der Waals surface area (Å²) in [5.74, 6) is -0.222. The lowest BCUT2D eigenvalue weighted by molar-refractivity contribution is -0.120. The largest absolute Gasteiger partial charge is 0.355 e. The molecule has 0 aliphatic rings. The maximum absolute atomic E-state index is 12.5. The van der Waals surface area contributed by atoms with Crippen molar-refractivity contribution >= 4 is 15.6 Å². The average molecular weight is 274 g/mol. The Balaban J connectivity index is 2.27. The van der Waals surface area contributed by atoms with Crippen molar-refractivity contribution in [1.82, 2.24) is 15.3 Å². The molecule has 1 aromatic heterocycles. The number of aromatic nitrogens is 2. The average Bonchev–Trinajstić information content (AvgIpc) is 2.26. The van der Waals surface area contributed by atoms with E-state index in [0.29, 0.717) is 12.2 Å². The maximum atomic E-state index is 12.5.